The molecule has 0 aromatic carbocycles. The van der Waals surface area contributed by atoms with Gasteiger partial charge in [-0.25, -0.2) is 24.6 Å². The minimum atomic E-state index is -0.688. The first-order valence-electron chi connectivity index (χ1n) is 8.30. The Morgan fingerprint density at radius 3 is 2.46 bits per heavy atom. The molecule has 4 rings (SSSR count). The molecule has 10 heteroatoms. The molecule has 2 amide bonds. The molecule has 9 nitrogen and oxygen atoms in total. The number of nitrogens with zero attached hydrogens (tertiary/aromatic N) is 4. The van der Waals surface area contributed by atoms with Crippen molar-refractivity contribution in [1.29, 1.82) is 0 Å². The number of hydrogen-bond acceptors (Lipinski definition) is 7. The van der Waals surface area contributed by atoms with Crippen LogP contribution in [0.1, 0.15) is 29.1 Å². The summed E-state index contributed by atoms with van der Waals surface area (Å²) in [5.74, 6) is 0.807. The molecule has 0 unspecified atom stereocenters. The molecule has 0 atom stereocenters. The Balaban J connectivity index is 1.87. The van der Waals surface area contributed by atoms with Crippen molar-refractivity contribution in [2.75, 3.05) is 14.2 Å². The van der Waals surface area contributed by atoms with E-state index in [1.165, 1.54) is 30.6 Å². The highest BCUT2D eigenvalue weighted by Crippen LogP contribution is 2.35. The normalized spacial score (nSPS) is 16.2. The predicted molar refractivity (Wildman–Crippen MR) is 92.7 cm³/mol. The molecule has 138 valence electrons. The van der Waals surface area contributed by atoms with Gasteiger partial charge in [-0.15, -0.1) is 11.3 Å². The van der Waals surface area contributed by atoms with Gasteiger partial charge in [0.05, 0.1) is 32.7 Å². The molecule has 4 heterocycles. The number of carbonyl (C=O) groups excluding carboxylic acids is 2. The summed E-state index contributed by atoms with van der Waals surface area (Å²) in [6.07, 6.45) is 1.41. The highest BCUT2D eigenvalue weighted by atomic mass is 32.1. The average Bonchev–Trinajstić information content (AvgIpc) is 3.03. The maximum atomic E-state index is 13.0. The first-order chi connectivity index (χ1) is 12.5. The first-order valence-corrected chi connectivity index (χ1v) is 9.11. The monoisotopic (exact) mass is 378 g/mol. The largest absolute Gasteiger partial charge is 0.452 e. The molecule has 0 radical (unpaired) electrons. The standard InChI is InChI=1S/C16H18N4O5S/c1-24-15(22)19-7-9-10(8-20(19)16(23)25-2)26-13-12(9)14(21)18-6-4-3-5-11(18)17-13/h3-8H2,1-2H3. The molecule has 0 saturated carbocycles. The van der Waals surface area contributed by atoms with E-state index in [0.29, 0.717) is 16.8 Å². The van der Waals surface area contributed by atoms with Gasteiger partial charge in [0.1, 0.15) is 10.7 Å². The molecule has 0 saturated heterocycles. The van der Waals surface area contributed by atoms with Crippen LogP contribution < -0.4 is 5.56 Å². The van der Waals surface area contributed by atoms with Crippen LogP contribution in [0.15, 0.2) is 4.79 Å². The third kappa shape index (κ3) is 2.44. The van der Waals surface area contributed by atoms with Crippen LogP contribution in [0.25, 0.3) is 10.2 Å². The molecule has 0 bridgehead atoms. The molecule has 0 aliphatic carbocycles. The van der Waals surface area contributed by atoms with Crippen molar-refractivity contribution in [3.63, 3.8) is 0 Å². The second-order valence-electron chi connectivity index (χ2n) is 6.18. The number of amides is 2. The van der Waals surface area contributed by atoms with Crippen LogP contribution in [0.4, 0.5) is 9.59 Å². The van der Waals surface area contributed by atoms with E-state index in [1.807, 2.05) is 0 Å². The van der Waals surface area contributed by atoms with Gasteiger partial charge in [0.15, 0.2) is 0 Å². The minimum absolute atomic E-state index is 0.0629. The maximum absolute atomic E-state index is 13.0. The van der Waals surface area contributed by atoms with Gasteiger partial charge in [0, 0.05) is 23.4 Å². The second kappa shape index (κ2) is 6.27. The Bertz CT molecular complexity index is 966. The van der Waals surface area contributed by atoms with E-state index in [2.05, 4.69) is 4.98 Å². The summed E-state index contributed by atoms with van der Waals surface area (Å²) in [6.45, 7) is 0.858. The fourth-order valence-electron chi connectivity index (χ4n) is 3.49. The van der Waals surface area contributed by atoms with Crippen LogP contribution in [0.5, 0.6) is 0 Å². The van der Waals surface area contributed by atoms with Gasteiger partial charge in [-0.2, -0.15) is 0 Å². The molecule has 0 fully saturated rings. The number of thiophene rings is 1. The van der Waals surface area contributed by atoms with Crippen molar-refractivity contribution >= 4 is 33.7 Å². The quantitative estimate of drug-likeness (QED) is 0.695. The van der Waals surface area contributed by atoms with Crippen molar-refractivity contribution in [3.05, 3.63) is 26.6 Å². The fourth-order valence-corrected chi connectivity index (χ4v) is 4.66. The fraction of sp³-hybridized carbons (Fsp3) is 0.500. The summed E-state index contributed by atoms with van der Waals surface area (Å²) in [4.78, 5) is 43.4. The topological polar surface area (TPSA) is 94.0 Å². The van der Waals surface area contributed by atoms with Crippen molar-refractivity contribution < 1.29 is 19.1 Å². The van der Waals surface area contributed by atoms with Crippen LogP contribution in [0.3, 0.4) is 0 Å². The summed E-state index contributed by atoms with van der Waals surface area (Å²) in [5.41, 5.74) is 0.660. The second-order valence-corrected chi connectivity index (χ2v) is 7.26. The third-order valence-corrected chi connectivity index (χ3v) is 5.88. The van der Waals surface area contributed by atoms with E-state index < -0.39 is 12.2 Å². The lowest BCUT2D eigenvalue weighted by Gasteiger charge is -2.35. The number of fused-ring (bicyclic) bond motifs is 4. The predicted octanol–water partition coefficient (Wildman–Crippen LogP) is 1.86. The molecule has 2 aliphatic rings. The lowest BCUT2D eigenvalue weighted by Crippen LogP contribution is -2.51. The zero-order valence-electron chi connectivity index (χ0n) is 14.5. The van der Waals surface area contributed by atoms with E-state index >= 15 is 0 Å². The highest BCUT2D eigenvalue weighted by molar-refractivity contribution is 7.18. The first kappa shape index (κ1) is 16.8. The lowest BCUT2D eigenvalue weighted by molar-refractivity contribution is -0.0276. The number of carbonyl (C=O) groups is 2. The number of hydrazine groups is 1. The Labute approximate surface area is 152 Å². The van der Waals surface area contributed by atoms with E-state index in [-0.39, 0.29) is 18.6 Å². The number of ether oxygens (including phenoxy) is 2. The van der Waals surface area contributed by atoms with Crippen molar-refractivity contribution in [2.24, 2.45) is 0 Å². The average molecular weight is 378 g/mol. The number of hydrogen-bond donors (Lipinski definition) is 0. The number of methoxy groups -OCH3 is 2. The zero-order chi connectivity index (χ0) is 18.4. The summed E-state index contributed by atoms with van der Waals surface area (Å²) < 4.78 is 11.3. The minimum Gasteiger partial charge on any atom is -0.452 e. The SMILES string of the molecule is COC(=O)N1Cc2sc3nc4n(c(=O)c3c2CN1C(=O)OC)CCCC4. The molecule has 2 aliphatic heterocycles. The van der Waals surface area contributed by atoms with Gasteiger partial charge in [-0.1, -0.05) is 0 Å². The van der Waals surface area contributed by atoms with E-state index in [9.17, 15) is 14.4 Å². The van der Waals surface area contributed by atoms with E-state index in [1.54, 1.807) is 4.57 Å². The Morgan fingerprint density at radius 1 is 1.08 bits per heavy atom. The third-order valence-electron chi connectivity index (χ3n) is 4.77. The van der Waals surface area contributed by atoms with E-state index in [0.717, 1.165) is 40.5 Å². The summed E-state index contributed by atoms with van der Waals surface area (Å²) >= 11 is 1.39. The Morgan fingerprint density at radius 2 is 1.77 bits per heavy atom. The number of aromatic nitrogens is 2. The molecule has 0 spiro atoms. The van der Waals surface area contributed by atoms with Crippen molar-refractivity contribution in [2.45, 2.75) is 38.9 Å². The van der Waals surface area contributed by atoms with E-state index in [4.69, 9.17) is 9.47 Å². The smallest absolute Gasteiger partial charge is 0.429 e. The number of rotatable bonds is 0. The van der Waals surface area contributed by atoms with Gasteiger partial charge in [-0.3, -0.25) is 9.36 Å². The highest BCUT2D eigenvalue weighted by Gasteiger charge is 2.36. The summed E-state index contributed by atoms with van der Waals surface area (Å²) in [6, 6.07) is 0. The molecule has 2 aromatic rings. The molecule has 0 N–H and O–H groups in total. The summed E-state index contributed by atoms with van der Waals surface area (Å²) in [7, 11) is 2.49. The van der Waals surface area contributed by atoms with Crippen LogP contribution >= 0.6 is 11.3 Å². The molecular formula is C16H18N4O5S. The lowest BCUT2D eigenvalue weighted by atomic mass is 10.1. The van der Waals surface area contributed by atoms with Crippen molar-refractivity contribution in [1.82, 2.24) is 19.6 Å². The van der Waals surface area contributed by atoms with Gasteiger partial charge < -0.3 is 9.47 Å². The van der Waals surface area contributed by atoms with Crippen molar-refractivity contribution in [3.8, 4) is 0 Å². The number of aryl methyl sites for hydroxylation is 1. The van der Waals surface area contributed by atoms with Crippen LogP contribution in [-0.2, 0) is 35.5 Å². The van der Waals surface area contributed by atoms with Gasteiger partial charge in [0.2, 0.25) is 0 Å². The van der Waals surface area contributed by atoms with Gasteiger partial charge in [-0.05, 0) is 12.8 Å². The zero-order valence-corrected chi connectivity index (χ0v) is 15.3. The van der Waals surface area contributed by atoms with Crippen LogP contribution in [-0.4, -0.2) is 46.0 Å². The Kier molecular flexibility index (Phi) is 4.06. The van der Waals surface area contributed by atoms with Gasteiger partial charge in [0.25, 0.3) is 5.56 Å². The molecule has 26 heavy (non-hydrogen) atoms. The van der Waals surface area contributed by atoms with Crippen LogP contribution in [0.2, 0.25) is 0 Å². The van der Waals surface area contributed by atoms with Crippen LogP contribution in [0, 0.1) is 0 Å². The summed E-state index contributed by atoms with van der Waals surface area (Å²) in [5, 5.41) is 2.87. The molecule has 2 aromatic heterocycles. The maximum Gasteiger partial charge on any atom is 0.429 e. The Hall–Kier alpha value is -2.62. The van der Waals surface area contributed by atoms with Gasteiger partial charge >= 0.3 is 12.2 Å². The molecular weight excluding hydrogens is 360 g/mol.